The molecule has 0 amide bonds. The van der Waals surface area contributed by atoms with Crippen LogP contribution in [0.4, 0.5) is 10.8 Å². The highest BCUT2D eigenvalue weighted by Gasteiger charge is 2.19. The summed E-state index contributed by atoms with van der Waals surface area (Å²) in [6.45, 7) is 1.91. The van der Waals surface area contributed by atoms with Crippen LogP contribution in [0.3, 0.4) is 0 Å². The van der Waals surface area contributed by atoms with E-state index in [1.165, 1.54) is 29.5 Å². The van der Waals surface area contributed by atoms with Crippen LogP contribution < -0.4 is 10.5 Å². The molecule has 0 atom stereocenters. The predicted molar refractivity (Wildman–Crippen MR) is 76.0 cm³/mol. The molecule has 0 fully saturated rings. The van der Waals surface area contributed by atoms with Crippen LogP contribution >= 0.6 is 22.9 Å². The Morgan fingerprint density at radius 1 is 1.42 bits per heavy atom. The molecule has 1 heterocycles. The number of nitrogen functional groups attached to an aromatic ring is 1. The number of benzene rings is 1. The molecule has 9 heteroatoms. The number of nitrogens with zero attached hydrogens (tertiary/aromatic N) is 2. The maximum absolute atomic E-state index is 12.1. The highest BCUT2D eigenvalue weighted by Crippen LogP contribution is 2.25. The van der Waals surface area contributed by atoms with Crippen LogP contribution in [0.15, 0.2) is 23.1 Å². The van der Waals surface area contributed by atoms with Crippen molar-refractivity contribution >= 4 is 43.8 Å². The molecule has 19 heavy (non-hydrogen) atoms. The van der Waals surface area contributed by atoms with Crippen molar-refractivity contribution in [3.63, 3.8) is 0 Å². The molecule has 1 aromatic heterocycles. The molecular formula is C10H11ClN4O2S2. The van der Waals surface area contributed by atoms with E-state index in [1.54, 1.807) is 0 Å². The van der Waals surface area contributed by atoms with Gasteiger partial charge in [0.05, 0.1) is 5.69 Å². The molecule has 0 bridgehead atoms. The van der Waals surface area contributed by atoms with E-state index in [1.807, 2.05) is 6.92 Å². The molecule has 0 aliphatic carbocycles. The van der Waals surface area contributed by atoms with Gasteiger partial charge in [-0.3, -0.25) is 4.72 Å². The molecule has 0 unspecified atom stereocenters. The minimum absolute atomic E-state index is 0.0369. The van der Waals surface area contributed by atoms with Gasteiger partial charge in [0.1, 0.15) is 9.90 Å². The van der Waals surface area contributed by atoms with Gasteiger partial charge in [0, 0.05) is 5.02 Å². The van der Waals surface area contributed by atoms with Gasteiger partial charge in [-0.15, -0.1) is 10.2 Å². The van der Waals surface area contributed by atoms with Crippen molar-refractivity contribution in [1.82, 2.24) is 10.2 Å². The van der Waals surface area contributed by atoms with Crippen LogP contribution in [0.1, 0.15) is 11.9 Å². The molecule has 102 valence electrons. The van der Waals surface area contributed by atoms with E-state index >= 15 is 0 Å². The van der Waals surface area contributed by atoms with E-state index in [-0.39, 0.29) is 15.7 Å². The number of aryl methyl sites for hydroxylation is 1. The molecular weight excluding hydrogens is 308 g/mol. The van der Waals surface area contributed by atoms with Gasteiger partial charge in [0.25, 0.3) is 10.0 Å². The largest absolute Gasteiger partial charge is 0.398 e. The standard InChI is InChI=1S/C10H11ClN4O2S2/c1-2-9-13-14-10(18-9)15-19(16,17)8-4-3-6(11)5-7(8)12/h3-5H,2,12H2,1H3,(H,14,15). The van der Waals surface area contributed by atoms with Crippen molar-refractivity contribution in [2.75, 3.05) is 10.5 Å². The third-order valence-corrected chi connectivity index (χ3v) is 5.01. The van der Waals surface area contributed by atoms with E-state index in [4.69, 9.17) is 17.3 Å². The van der Waals surface area contributed by atoms with Crippen LogP contribution in [-0.2, 0) is 16.4 Å². The van der Waals surface area contributed by atoms with Crippen LogP contribution in [0, 0.1) is 0 Å². The summed E-state index contributed by atoms with van der Waals surface area (Å²) in [5.41, 5.74) is 5.74. The summed E-state index contributed by atoms with van der Waals surface area (Å²) < 4.78 is 26.6. The zero-order valence-electron chi connectivity index (χ0n) is 9.92. The molecule has 0 radical (unpaired) electrons. The van der Waals surface area contributed by atoms with Crippen LogP contribution in [0.25, 0.3) is 0 Å². The number of nitrogens with one attached hydrogen (secondary N) is 1. The number of aromatic nitrogens is 2. The summed E-state index contributed by atoms with van der Waals surface area (Å²) in [5.74, 6) is 0. The third-order valence-electron chi connectivity index (χ3n) is 2.25. The Morgan fingerprint density at radius 2 is 2.16 bits per heavy atom. The Balaban J connectivity index is 2.32. The molecule has 6 nitrogen and oxygen atoms in total. The second-order valence-electron chi connectivity index (χ2n) is 3.64. The smallest absolute Gasteiger partial charge is 0.265 e. The first kappa shape index (κ1) is 14.0. The van der Waals surface area contributed by atoms with Crippen LogP contribution in [-0.4, -0.2) is 18.6 Å². The first-order valence-electron chi connectivity index (χ1n) is 5.32. The van der Waals surface area contributed by atoms with Crippen molar-refractivity contribution in [2.45, 2.75) is 18.2 Å². The Kier molecular flexibility index (Phi) is 3.93. The SMILES string of the molecule is CCc1nnc(NS(=O)(=O)c2ccc(Cl)cc2N)s1. The van der Waals surface area contributed by atoms with E-state index < -0.39 is 10.0 Å². The number of nitrogens with two attached hydrogens (primary N) is 1. The van der Waals surface area contributed by atoms with Gasteiger partial charge >= 0.3 is 0 Å². The molecule has 2 aromatic rings. The first-order chi connectivity index (χ1) is 8.92. The minimum Gasteiger partial charge on any atom is -0.398 e. The van der Waals surface area contributed by atoms with Gasteiger partial charge in [-0.1, -0.05) is 29.9 Å². The van der Waals surface area contributed by atoms with Crippen molar-refractivity contribution in [1.29, 1.82) is 0 Å². The fourth-order valence-corrected chi connectivity index (χ4v) is 3.58. The van der Waals surface area contributed by atoms with E-state index in [9.17, 15) is 8.42 Å². The highest BCUT2D eigenvalue weighted by atomic mass is 35.5. The topological polar surface area (TPSA) is 98.0 Å². The van der Waals surface area contributed by atoms with Crippen LogP contribution in [0.2, 0.25) is 5.02 Å². The van der Waals surface area contributed by atoms with Crippen molar-refractivity contribution < 1.29 is 8.42 Å². The Bertz CT molecular complexity index is 699. The summed E-state index contributed by atoms with van der Waals surface area (Å²) in [7, 11) is -3.78. The predicted octanol–water partition coefficient (Wildman–Crippen LogP) is 2.14. The van der Waals surface area contributed by atoms with Crippen LogP contribution in [0.5, 0.6) is 0 Å². The van der Waals surface area contributed by atoms with Gasteiger partial charge in [0.15, 0.2) is 0 Å². The number of hydrogen-bond donors (Lipinski definition) is 2. The zero-order valence-corrected chi connectivity index (χ0v) is 12.3. The number of anilines is 2. The number of sulfonamides is 1. The average molecular weight is 319 g/mol. The van der Waals surface area contributed by atoms with Gasteiger partial charge in [-0.05, 0) is 24.6 Å². The lowest BCUT2D eigenvalue weighted by Crippen LogP contribution is -2.14. The zero-order chi connectivity index (χ0) is 14.0. The quantitative estimate of drug-likeness (QED) is 0.842. The average Bonchev–Trinajstić information content (AvgIpc) is 2.75. The van der Waals surface area contributed by atoms with Gasteiger partial charge in [-0.25, -0.2) is 8.42 Å². The second-order valence-corrected chi connectivity index (χ2v) is 6.79. The maximum Gasteiger partial charge on any atom is 0.265 e. The summed E-state index contributed by atoms with van der Waals surface area (Å²) in [4.78, 5) is -0.0369. The first-order valence-corrected chi connectivity index (χ1v) is 8.00. The van der Waals surface area contributed by atoms with E-state index in [0.29, 0.717) is 11.4 Å². The molecule has 3 N–H and O–H groups in total. The minimum atomic E-state index is -3.78. The summed E-state index contributed by atoms with van der Waals surface area (Å²) in [6.07, 6.45) is 0.697. The molecule has 1 aromatic carbocycles. The number of hydrogen-bond acceptors (Lipinski definition) is 6. The highest BCUT2D eigenvalue weighted by molar-refractivity contribution is 7.93. The maximum atomic E-state index is 12.1. The second kappa shape index (κ2) is 5.32. The molecule has 2 rings (SSSR count). The lowest BCUT2D eigenvalue weighted by molar-refractivity contribution is 0.601. The fourth-order valence-electron chi connectivity index (χ4n) is 1.37. The van der Waals surface area contributed by atoms with E-state index in [0.717, 1.165) is 5.01 Å². The van der Waals surface area contributed by atoms with E-state index in [2.05, 4.69) is 14.9 Å². The van der Waals surface area contributed by atoms with Crippen molar-refractivity contribution in [2.24, 2.45) is 0 Å². The fraction of sp³-hybridized carbons (Fsp3) is 0.200. The Hall–Kier alpha value is -1.38. The summed E-state index contributed by atoms with van der Waals surface area (Å²) in [6, 6.07) is 4.19. The Morgan fingerprint density at radius 3 is 2.74 bits per heavy atom. The number of rotatable bonds is 4. The van der Waals surface area contributed by atoms with Gasteiger partial charge in [-0.2, -0.15) is 0 Å². The van der Waals surface area contributed by atoms with Gasteiger partial charge < -0.3 is 5.73 Å². The molecule has 0 aliphatic rings. The lowest BCUT2D eigenvalue weighted by Gasteiger charge is -2.07. The van der Waals surface area contributed by atoms with Gasteiger partial charge in [0.2, 0.25) is 5.13 Å². The van der Waals surface area contributed by atoms with Crippen molar-refractivity contribution in [3.05, 3.63) is 28.2 Å². The summed E-state index contributed by atoms with van der Waals surface area (Å²) in [5, 5.41) is 8.94. The normalized spacial score (nSPS) is 11.5. The lowest BCUT2D eigenvalue weighted by atomic mass is 10.3. The molecule has 0 spiro atoms. The number of halogens is 1. The molecule has 0 saturated heterocycles. The monoisotopic (exact) mass is 318 g/mol. The third kappa shape index (κ3) is 3.14. The van der Waals surface area contributed by atoms with Crippen molar-refractivity contribution in [3.8, 4) is 0 Å². The molecule has 0 aliphatic heterocycles. The Labute approximate surface area is 119 Å². The summed E-state index contributed by atoms with van der Waals surface area (Å²) >= 11 is 6.92. The molecule has 0 saturated carbocycles.